The Morgan fingerprint density at radius 3 is 2.57 bits per heavy atom. The van der Waals surface area contributed by atoms with Gasteiger partial charge in [0, 0.05) is 7.11 Å². The van der Waals surface area contributed by atoms with Gasteiger partial charge in [-0.05, 0) is 31.9 Å². The lowest BCUT2D eigenvalue weighted by Crippen LogP contribution is -2.07. The van der Waals surface area contributed by atoms with E-state index >= 15 is 0 Å². The van der Waals surface area contributed by atoms with Crippen LogP contribution < -0.4 is 4.74 Å². The number of rotatable bonds is 6. The Morgan fingerprint density at radius 2 is 1.93 bits per heavy atom. The van der Waals surface area contributed by atoms with Gasteiger partial charge in [-0.25, -0.2) is 0 Å². The smallest absolute Gasteiger partial charge is 0.119 e. The topological polar surface area (TPSA) is 18.5 Å². The predicted octanol–water partition coefficient (Wildman–Crippen LogP) is 2.88. The first-order valence-electron chi connectivity index (χ1n) is 5.03. The van der Waals surface area contributed by atoms with Gasteiger partial charge in [0.15, 0.2) is 0 Å². The average Bonchev–Trinajstić information content (AvgIpc) is 2.25. The van der Waals surface area contributed by atoms with Gasteiger partial charge < -0.3 is 9.47 Å². The molecular weight excluding hydrogens is 176 g/mol. The molecule has 1 atom stereocenters. The lowest BCUT2D eigenvalue weighted by Gasteiger charge is -2.09. The Hall–Kier alpha value is -1.02. The molecule has 0 unspecified atom stereocenters. The molecule has 0 spiro atoms. The van der Waals surface area contributed by atoms with E-state index in [2.05, 4.69) is 6.92 Å². The zero-order chi connectivity index (χ0) is 10.2. The van der Waals surface area contributed by atoms with Gasteiger partial charge in [-0.3, -0.25) is 0 Å². The largest absolute Gasteiger partial charge is 0.494 e. The van der Waals surface area contributed by atoms with E-state index in [1.165, 1.54) is 0 Å². The molecule has 1 aromatic rings. The molecule has 78 valence electrons. The highest BCUT2D eigenvalue weighted by atomic mass is 16.5. The summed E-state index contributed by atoms with van der Waals surface area (Å²) in [5.74, 6) is 0.942. The average molecular weight is 194 g/mol. The van der Waals surface area contributed by atoms with E-state index in [1.54, 1.807) is 7.11 Å². The summed E-state index contributed by atoms with van der Waals surface area (Å²) in [5.41, 5.74) is 0. The maximum absolute atomic E-state index is 5.55. The van der Waals surface area contributed by atoms with E-state index in [-0.39, 0.29) is 0 Å². The number of ether oxygens (including phenoxy) is 2. The lowest BCUT2D eigenvalue weighted by molar-refractivity contribution is 0.104. The van der Waals surface area contributed by atoms with Crippen LogP contribution in [-0.4, -0.2) is 19.8 Å². The van der Waals surface area contributed by atoms with Crippen LogP contribution in [0.2, 0.25) is 0 Å². The first-order chi connectivity index (χ1) is 6.83. The van der Waals surface area contributed by atoms with Crippen LogP contribution in [0.25, 0.3) is 0 Å². The molecule has 0 heterocycles. The van der Waals surface area contributed by atoms with Crippen LogP contribution in [0.1, 0.15) is 19.8 Å². The molecule has 0 radical (unpaired) electrons. The Labute approximate surface area is 85.8 Å². The minimum atomic E-state index is 0.328. The lowest BCUT2D eigenvalue weighted by atomic mass is 10.2. The second-order valence-corrected chi connectivity index (χ2v) is 3.35. The predicted molar refractivity (Wildman–Crippen MR) is 57.6 cm³/mol. The number of hydrogen-bond donors (Lipinski definition) is 0. The fourth-order valence-corrected chi connectivity index (χ4v) is 1.20. The third kappa shape index (κ3) is 4.28. The van der Waals surface area contributed by atoms with Crippen LogP contribution in [0.15, 0.2) is 30.3 Å². The molecule has 1 rings (SSSR count). The van der Waals surface area contributed by atoms with E-state index in [1.807, 2.05) is 30.3 Å². The van der Waals surface area contributed by atoms with Crippen LogP contribution in [0.5, 0.6) is 5.75 Å². The highest BCUT2D eigenvalue weighted by molar-refractivity contribution is 5.20. The van der Waals surface area contributed by atoms with Crippen LogP contribution >= 0.6 is 0 Å². The number of methoxy groups -OCH3 is 1. The van der Waals surface area contributed by atoms with Crippen molar-refractivity contribution in [2.24, 2.45) is 0 Å². The summed E-state index contributed by atoms with van der Waals surface area (Å²) in [6.45, 7) is 2.83. The van der Waals surface area contributed by atoms with E-state index in [0.717, 1.165) is 25.2 Å². The van der Waals surface area contributed by atoms with Crippen molar-refractivity contribution in [2.75, 3.05) is 13.7 Å². The molecule has 0 aliphatic rings. The van der Waals surface area contributed by atoms with Gasteiger partial charge in [-0.15, -0.1) is 0 Å². The molecule has 14 heavy (non-hydrogen) atoms. The Kier molecular flexibility index (Phi) is 5.08. The number of hydrogen-bond acceptors (Lipinski definition) is 2. The van der Waals surface area contributed by atoms with Gasteiger partial charge in [0.1, 0.15) is 5.75 Å². The van der Waals surface area contributed by atoms with Crippen molar-refractivity contribution in [3.63, 3.8) is 0 Å². The molecule has 0 fully saturated rings. The van der Waals surface area contributed by atoms with Crippen molar-refractivity contribution in [3.8, 4) is 5.75 Å². The highest BCUT2D eigenvalue weighted by Crippen LogP contribution is 2.09. The van der Waals surface area contributed by atoms with E-state index in [9.17, 15) is 0 Å². The molecule has 0 saturated heterocycles. The zero-order valence-corrected chi connectivity index (χ0v) is 8.90. The third-order valence-corrected chi connectivity index (χ3v) is 2.17. The molecule has 2 heteroatoms. The quantitative estimate of drug-likeness (QED) is 0.648. The molecule has 0 saturated carbocycles. The highest BCUT2D eigenvalue weighted by Gasteiger charge is 1.98. The summed E-state index contributed by atoms with van der Waals surface area (Å²) in [4.78, 5) is 0. The third-order valence-electron chi connectivity index (χ3n) is 2.17. The normalized spacial score (nSPS) is 12.4. The number of para-hydroxylation sites is 1. The van der Waals surface area contributed by atoms with E-state index in [0.29, 0.717) is 6.10 Å². The fourth-order valence-electron chi connectivity index (χ4n) is 1.20. The summed E-state index contributed by atoms with van der Waals surface area (Å²) in [7, 11) is 1.74. The molecule has 0 N–H and O–H groups in total. The van der Waals surface area contributed by atoms with Crippen molar-refractivity contribution in [3.05, 3.63) is 30.3 Å². The Morgan fingerprint density at radius 1 is 1.21 bits per heavy atom. The molecule has 0 amide bonds. The fraction of sp³-hybridized carbons (Fsp3) is 0.500. The Bertz CT molecular complexity index is 233. The van der Waals surface area contributed by atoms with Crippen molar-refractivity contribution < 1.29 is 9.47 Å². The van der Waals surface area contributed by atoms with E-state index < -0.39 is 0 Å². The minimum absolute atomic E-state index is 0.328. The van der Waals surface area contributed by atoms with Crippen molar-refractivity contribution in [2.45, 2.75) is 25.9 Å². The van der Waals surface area contributed by atoms with Gasteiger partial charge in [0.05, 0.1) is 12.7 Å². The summed E-state index contributed by atoms with van der Waals surface area (Å²) in [6.07, 6.45) is 2.40. The van der Waals surface area contributed by atoms with Crippen LogP contribution in [-0.2, 0) is 4.74 Å². The van der Waals surface area contributed by atoms with Gasteiger partial charge in [-0.2, -0.15) is 0 Å². The van der Waals surface area contributed by atoms with Crippen molar-refractivity contribution in [1.82, 2.24) is 0 Å². The van der Waals surface area contributed by atoms with Crippen LogP contribution in [0.3, 0.4) is 0 Å². The minimum Gasteiger partial charge on any atom is -0.494 e. The van der Waals surface area contributed by atoms with Crippen molar-refractivity contribution in [1.29, 1.82) is 0 Å². The maximum atomic E-state index is 5.55. The molecule has 0 bridgehead atoms. The first kappa shape index (κ1) is 11.1. The molecule has 1 aromatic carbocycles. The summed E-state index contributed by atoms with van der Waals surface area (Å²) in [5, 5.41) is 0. The van der Waals surface area contributed by atoms with Gasteiger partial charge in [-0.1, -0.05) is 18.2 Å². The van der Waals surface area contributed by atoms with E-state index in [4.69, 9.17) is 9.47 Å². The molecule has 0 aromatic heterocycles. The van der Waals surface area contributed by atoms with Gasteiger partial charge in [0.25, 0.3) is 0 Å². The molecule has 0 aliphatic heterocycles. The molecule has 0 aliphatic carbocycles. The zero-order valence-electron chi connectivity index (χ0n) is 8.90. The van der Waals surface area contributed by atoms with Gasteiger partial charge in [0.2, 0.25) is 0 Å². The van der Waals surface area contributed by atoms with Crippen LogP contribution in [0, 0.1) is 0 Å². The molecule has 2 nitrogen and oxygen atoms in total. The Balaban J connectivity index is 2.10. The summed E-state index contributed by atoms with van der Waals surface area (Å²) >= 11 is 0. The SMILES string of the molecule is CO[C@H](C)CCCOc1ccccc1. The number of benzene rings is 1. The standard InChI is InChI=1S/C12H18O2/c1-11(13-2)7-6-10-14-12-8-4-3-5-9-12/h3-5,8-9,11H,6-7,10H2,1-2H3/t11-/m1/s1. The summed E-state index contributed by atoms with van der Waals surface area (Å²) < 4.78 is 10.7. The van der Waals surface area contributed by atoms with Gasteiger partial charge >= 0.3 is 0 Å². The second kappa shape index (κ2) is 6.44. The maximum Gasteiger partial charge on any atom is 0.119 e. The van der Waals surface area contributed by atoms with Crippen LogP contribution in [0.4, 0.5) is 0 Å². The van der Waals surface area contributed by atoms with Crippen molar-refractivity contribution >= 4 is 0 Å². The monoisotopic (exact) mass is 194 g/mol. The summed E-state index contributed by atoms with van der Waals surface area (Å²) in [6, 6.07) is 9.89. The first-order valence-corrected chi connectivity index (χ1v) is 5.03. The second-order valence-electron chi connectivity index (χ2n) is 3.35. The molecular formula is C12H18O2.